The van der Waals surface area contributed by atoms with Gasteiger partial charge in [0.2, 0.25) is 5.95 Å². The van der Waals surface area contributed by atoms with Gasteiger partial charge >= 0.3 is 6.09 Å². The molecule has 0 atom stereocenters. The number of piperidine rings is 1. The number of hydrogen-bond donors (Lipinski definition) is 2. The molecule has 1 aliphatic rings. The van der Waals surface area contributed by atoms with E-state index in [0.717, 1.165) is 18.5 Å². The number of carbonyl (C=O) groups is 1. The molecule has 26 heavy (non-hydrogen) atoms. The normalized spacial score (nSPS) is 14.8. The summed E-state index contributed by atoms with van der Waals surface area (Å²) in [6.07, 6.45) is 2.96. The van der Waals surface area contributed by atoms with Gasteiger partial charge in [0.1, 0.15) is 0 Å². The molecular weight excluding hydrogens is 356 g/mol. The first kappa shape index (κ1) is 18.2. The number of nitrogens with zero attached hydrogens (tertiary/aromatic N) is 4. The van der Waals surface area contributed by atoms with Crippen molar-refractivity contribution in [3.05, 3.63) is 35.5 Å². The Labute approximate surface area is 156 Å². The van der Waals surface area contributed by atoms with E-state index in [1.54, 1.807) is 17.2 Å². The Morgan fingerprint density at radius 2 is 2.12 bits per heavy atom. The maximum Gasteiger partial charge on any atom is 0.409 e. The standard InChI is InChI=1S/C17H21ClN6O2/c1-2-26-17(25)24-9-7-12(8-10-24)20-15-11-19-23-16(22-15)21-14-6-4-3-5-13(14)18/h3-6,11-12H,2,7-10H2,1H3,(H2,20,21,22,23). The van der Waals surface area contributed by atoms with Crippen LogP contribution in [0.1, 0.15) is 19.8 Å². The van der Waals surface area contributed by atoms with Crippen molar-refractivity contribution in [1.29, 1.82) is 0 Å². The van der Waals surface area contributed by atoms with Gasteiger partial charge < -0.3 is 20.3 Å². The van der Waals surface area contributed by atoms with Gasteiger partial charge in [0, 0.05) is 19.1 Å². The predicted octanol–water partition coefficient (Wildman–Crippen LogP) is 3.30. The summed E-state index contributed by atoms with van der Waals surface area (Å²) in [4.78, 5) is 17.9. The minimum atomic E-state index is -0.249. The van der Waals surface area contributed by atoms with E-state index in [1.807, 2.05) is 25.1 Å². The molecule has 8 nitrogen and oxygen atoms in total. The van der Waals surface area contributed by atoms with Gasteiger partial charge in [-0.15, -0.1) is 5.10 Å². The van der Waals surface area contributed by atoms with Crippen molar-refractivity contribution in [2.75, 3.05) is 30.3 Å². The molecule has 1 fully saturated rings. The molecule has 2 aromatic rings. The summed E-state index contributed by atoms with van der Waals surface area (Å²) >= 11 is 6.13. The molecule has 0 unspecified atom stereocenters. The van der Waals surface area contributed by atoms with Gasteiger partial charge in [0.25, 0.3) is 0 Å². The Morgan fingerprint density at radius 3 is 2.85 bits per heavy atom. The molecule has 9 heteroatoms. The average molecular weight is 377 g/mol. The van der Waals surface area contributed by atoms with Crippen LogP contribution in [0.15, 0.2) is 30.5 Å². The van der Waals surface area contributed by atoms with Crippen LogP contribution in [-0.4, -0.2) is 51.9 Å². The zero-order chi connectivity index (χ0) is 18.4. The van der Waals surface area contributed by atoms with Crippen LogP contribution >= 0.6 is 11.6 Å². The van der Waals surface area contributed by atoms with Crippen LogP contribution < -0.4 is 10.6 Å². The highest BCUT2D eigenvalue weighted by atomic mass is 35.5. The van der Waals surface area contributed by atoms with Gasteiger partial charge in [0.05, 0.1) is 23.5 Å². The molecule has 2 heterocycles. The molecule has 138 valence electrons. The van der Waals surface area contributed by atoms with Crippen molar-refractivity contribution in [2.24, 2.45) is 0 Å². The van der Waals surface area contributed by atoms with E-state index in [1.165, 1.54) is 0 Å². The van der Waals surface area contributed by atoms with E-state index in [2.05, 4.69) is 25.8 Å². The fraction of sp³-hybridized carbons (Fsp3) is 0.412. The first-order valence-electron chi connectivity index (χ1n) is 8.55. The van der Waals surface area contributed by atoms with E-state index in [0.29, 0.717) is 36.5 Å². The highest BCUT2D eigenvalue weighted by Gasteiger charge is 2.23. The number of ether oxygens (including phenoxy) is 1. The number of amides is 1. The lowest BCUT2D eigenvalue weighted by molar-refractivity contribution is 0.0983. The minimum absolute atomic E-state index is 0.213. The van der Waals surface area contributed by atoms with Gasteiger partial charge in [-0.2, -0.15) is 10.1 Å². The Kier molecular flexibility index (Phi) is 6.06. The third-order valence-corrected chi connectivity index (χ3v) is 4.38. The van der Waals surface area contributed by atoms with Crippen LogP contribution in [0, 0.1) is 0 Å². The summed E-state index contributed by atoms with van der Waals surface area (Å²) in [6, 6.07) is 7.58. The number of benzene rings is 1. The van der Waals surface area contributed by atoms with Crippen LogP contribution in [0.3, 0.4) is 0 Å². The zero-order valence-electron chi connectivity index (χ0n) is 14.5. The fourth-order valence-corrected chi connectivity index (χ4v) is 2.92. The summed E-state index contributed by atoms with van der Waals surface area (Å²) in [7, 11) is 0. The number of likely N-dealkylation sites (tertiary alicyclic amines) is 1. The van der Waals surface area contributed by atoms with Crippen LogP contribution in [-0.2, 0) is 4.74 Å². The molecule has 0 radical (unpaired) electrons. The van der Waals surface area contributed by atoms with Crippen molar-refractivity contribution in [3.8, 4) is 0 Å². The van der Waals surface area contributed by atoms with Gasteiger partial charge in [0.15, 0.2) is 5.82 Å². The summed E-state index contributed by atoms with van der Waals surface area (Å²) in [6.45, 7) is 3.51. The number of rotatable bonds is 5. The maximum atomic E-state index is 11.7. The molecule has 0 bridgehead atoms. The summed E-state index contributed by atoms with van der Waals surface area (Å²) in [5, 5.41) is 15.0. The quantitative estimate of drug-likeness (QED) is 0.826. The molecule has 1 aromatic carbocycles. The first-order valence-corrected chi connectivity index (χ1v) is 8.93. The second-order valence-corrected chi connectivity index (χ2v) is 6.28. The molecule has 0 spiro atoms. The maximum absolute atomic E-state index is 11.7. The topological polar surface area (TPSA) is 92.3 Å². The molecule has 0 saturated carbocycles. The number of halogens is 1. The minimum Gasteiger partial charge on any atom is -0.450 e. The molecule has 1 aromatic heterocycles. The lowest BCUT2D eigenvalue weighted by Crippen LogP contribution is -2.42. The highest BCUT2D eigenvalue weighted by Crippen LogP contribution is 2.23. The van der Waals surface area contributed by atoms with Gasteiger partial charge in [-0.25, -0.2) is 4.79 Å². The van der Waals surface area contributed by atoms with Gasteiger partial charge in [-0.3, -0.25) is 0 Å². The van der Waals surface area contributed by atoms with Gasteiger partial charge in [-0.1, -0.05) is 23.7 Å². The Balaban J connectivity index is 1.56. The molecule has 3 rings (SSSR count). The third kappa shape index (κ3) is 4.72. The highest BCUT2D eigenvalue weighted by molar-refractivity contribution is 6.33. The number of carbonyl (C=O) groups excluding carboxylic acids is 1. The Bertz CT molecular complexity index is 752. The third-order valence-electron chi connectivity index (χ3n) is 4.05. The molecule has 1 aliphatic heterocycles. The van der Waals surface area contributed by atoms with E-state index >= 15 is 0 Å². The summed E-state index contributed by atoms with van der Waals surface area (Å²) in [5.41, 5.74) is 0.718. The van der Waals surface area contributed by atoms with Crippen LogP contribution in [0.2, 0.25) is 5.02 Å². The number of para-hydroxylation sites is 1. The van der Waals surface area contributed by atoms with E-state index < -0.39 is 0 Å². The van der Waals surface area contributed by atoms with Crippen LogP contribution in [0.5, 0.6) is 0 Å². The Morgan fingerprint density at radius 1 is 1.35 bits per heavy atom. The molecule has 1 amide bonds. The van der Waals surface area contributed by atoms with Crippen LogP contribution in [0.4, 0.5) is 22.2 Å². The van der Waals surface area contributed by atoms with Crippen molar-refractivity contribution in [1.82, 2.24) is 20.1 Å². The van der Waals surface area contributed by atoms with E-state index in [9.17, 15) is 4.79 Å². The zero-order valence-corrected chi connectivity index (χ0v) is 15.2. The number of nitrogens with one attached hydrogen (secondary N) is 2. The van der Waals surface area contributed by atoms with E-state index in [-0.39, 0.29) is 12.1 Å². The molecule has 2 N–H and O–H groups in total. The van der Waals surface area contributed by atoms with Crippen molar-refractivity contribution in [2.45, 2.75) is 25.8 Å². The Hall–Kier alpha value is -2.61. The lowest BCUT2D eigenvalue weighted by atomic mass is 10.1. The average Bonchev–Trinajstić information content (AvgIpc) is 2.65. The molecule has 1 saturated heterocycles. The molecular formula is C17H21ClN6O2. The number of hydrogen-bond acceptors (Lipinski definition) is 7. The lowest BCUT2D eigenvalue weighted by Gasteiger charge is -2.31. The van der Waals surface area contributed by atoms with E-state index in [4.69, 9.17) is 16.3 Å². The van der Waals surface area contributed by atoms with Crippen molar-refractivity contribution < 1.29 is 9.53 Å². The smallest absolute Gasteiger partial charge is 0.409 e. The van der Waals surface area contributed by atoms with Gasteiger partial charge in [-0.05, 0) is 31.9 Å². The summed E-state index contributed by atoms with van der Waals surface area (Å²) in [5.74, 6) is 0.996. The first-order chi connectivity index (χ1) is 12.7. The van der Waals surface area contributed by atoms with Crippen LogP contribution in [0.25, 0.3) is 0 Å². The van der Waals surface area contributed by atoms with Crippen molar-refractivity contribution in [3.63, 3.8) is 0 Å². The number of aromatic nitrogens is 3. The number of anilines is 3. The monoisotopic (exact) mass is 376 g/mol. The largest absolute Gasteiger partial charge is 0.450 e. The summed E-state index contributed by atoms with van der Waals surface area (Å²) < 4.78 is 5.03. The second-order valence-electron chi connectivity index (χ2n) is 5.87. The second kappa shape index (κ2) is 8.66. The van der Waals surface area contributed by atoms with Crippen molar-refractivity contribution >= 4 is 35.1 Å². The SMILES string of the molecule is CCOC(=O)N1CCC(Nc2cnnc(Nc3ccccc3Cl)n2)CC1. The predicted molar refractivity (Wildman–Crippen MR) is 99.8 cm³/mol. The fourth-order valence-electron chi connectivity index (χ4n) is 2.74. The molecule has 0 aliphatic carbocycles.